The van der Waals surface area contributed by atoms with E-state index in [1.807, 2.05) is 12.1 Å². The second-order valence-corrected chi connectivity index (χ2v) is 9.63. The highest BCUT2D eigenvalue weighted by Gasteiger charge is 2.53. The van der Waals surface area contributed by atoms with Crippen LogP contribution in [-0.4, -0.2) is 62.0 Å². The third-order valence-corrected chi connectivity index (χ3v) is 7.68. The van der Waals surface area contributed by atoms with E-state index in [4.69, 9.17) is 23.7 Å². The summed E-state index contributed by atoms with van der Waals surface area (Å²) in [6.07, 6.45) is 2.74. The van der Waals surface area contributed by atoms with Crippen molar-refractivity contribution in [3.05, 3.63) is 65.4 Å². The number of imide groups is 1. The Labute approximate surface area is 223 Å². The van der Waals surface area contributed by atoms with Crippen molar-refractivity contribution in [1.82, 2.24) is 10.2 Å². The Hall–Kier alpha value is -4.67. The van der Waals surface area contributed by atoms with Gasteiger partial charge in [0.05, 0.1) is 32.8 Å². The Morgan fingerprint density at radius 1 is 1.05 bits per heavy atom. The highest BCUT2D eigenvalue weighted by Crippen LogP contribution is 2.55. The zero-order chi connectivity index (χ0) is 27.4. The zero-order valence-corrected chi connectivity index (χ0v) is 21.3. The largest absolute Gasteiger partial charge is 0.502 e. The molecule has 1 saturated heterocycles. The molecule has 4 atom stereocenters. The van der Waals surface area contributed by atoms with Gasteiger partial charge in [-0.1, -0.05) is 6.08 Å². The standard InChI is InChI=1S/C28H26N2O9/c1-4-5-30-22(31)10-17(27(30)33)29-25-15-9-19-18(38-12-39-19)8-14(15)23(24-16(25)11-37-28(24)34)13-6-20(35-2)26(32)21(7-13)36-3/h4,6-10,16,23-25,29,32H,1,5,11-12H2,2-3H3/t16-,23+,24-,25+/m0/s1. The number of phenols is 1. The third-order valence-electron chi connectivity index (χ3n) is 7.68. The lowest BCUT2D eigenvalue weighted by atomic mass is 9.65. The summed E-state index contributed by atoms with van der Waals surface area (Å²) < 4.78 is 27.7. The molecule has 0 unspecified atom stereocenters. The molecule has 0 spiro atoms. The number of hydrogen-bond donors (Lipinski definition) is 2. The summed E-state index contributed by atoms with van der Waals surface area (Å²) >= 11 is 0. The minimum atomic E-state index is -0.661. The first-order chi connectivity index (χ1) is 18.9. The summed E-state index contributed by atoms with van der Waals surface area (Å²) in [5.41, 5.74) is 2.29. The molecule has 0 radical (unpaired) electrons. The molecule has 2 amide bonds. The number of ether oxygens (including phenoxy) is 5. The molecule has 11 nitrogen and oxygen atoms in total. The fraction of sp³-hybridized carbons (Fsp3) is 0.321. The number of phenolic OH excluding ortho intramolecular Hbond substituents is 1. The maximum atomic E-state index is 13.3. The predicted octanol–water partition coefficient (Wildman–Crippen LogP) is 2.14. The van der Waals surface area contributed by atoms with Crippen LogP contribution in [0.2, 0.25) is 0 Å². The molecule has 3 aliphatic heterocycles. The second-order valence-electron chi connectivity index (χ2n) is 9.63. The average molecular weight is 535 g/mol. The molecule has 0 bridgehead atoms. The van der Waals surface area contributed by atoms with Gasteiger partial charge in [0.15, 0.2) is 23.0 Å². The van der Waals surface area contributed by atoms with E-state index in [1.54, 1.807) is 12.1 Å². The summed E-state index contributed by atoms with van der Waals surface area (Å²) in [4.78, 5) is 39.9. The molecule has 2 aromatic carbocycles. The molecular formula is C28H26N2O9. The maximum absolute atomic E-state index is 13.3. The van der Waals surface area contributed by atoms with Gasteiger partial charge >= 0.3 is 5.97 Å². The Morgan fingerprint density at radius 3 is 2.36 bits per heavy atom. The van der Waals surface area contributed by atoms with Crippen molar-refractivity contribution in [3.8, 4) is 28.7 Å². The van der Waals surface area contributed by atoms with Crippen molar-refractivity contribution in [2.75, 3.05) is 34.2 Å². The van der Waals surface area contributed by atoms with Crippen LogP contribution in [0.5, 0.6) is 28.7 Å². The van der Waals surface area contributed by atoms with E-state index in [0.29, 0.717) is 17.1 Å². The van der Waals surface area contributed by atoms with Gasteiger partial charge in [-0.25, -0.2) is 0 Å². The van der Waals surface area contributed by atoms with Crippen molar-refractivity contribution >= 4 is 17.8 Å². The van der Waals surface area contributed by atoms with Crippen LogP contribution in [0.4, 0.5) is 0 Å². The number of nitrogens with one attached hydrogen (secondary N) is 1. The molecule has 0 saturated carbocycles. The smallest absolute Gasteiger partial charge is 0.310 e. The van der Waals surface area contributed by atoms with E-state index in [-0.39, 0.29) is 42.9 Å². The first-order valence-electron chi connectivity index (χ1n) is 12.4. The minimum absolute atomic E-state index is 0.0470. The van der Waals surface area contributed by atoms with Gasteiger partial charge in [0.2, 0.25) is 12.5 Å². The number of benzene rings is 2. The van der Waals surface area contributed by atoms with Crippen molar-refractivity contribution in [2.45, 2.75) is 12.0 Å². The molecule has 2 N–H and O–H groups in total. The average Bonchev–Trinajstić information content (AvgIpc) is 3.62. The molecule has 11 heteroatoms. The number of rotatable bonds is 7. The summed E-state index contributed by atoms with van der Waals surface area (Å²) in [6.45, 7) is 3.84. The molecule has 4 aliphatic rings. The normalized spacial score (nSPS) is 24.6. The van der Waals surface area contributed by atoms with Gasteiger partial charge < -0.3 is 34.1 Å². The van der Waals surface area contributed by atoms with E-state index < -0.39 is 41.6 Å². The van der Waals surface area contributed by atoms with E-state index in [2.05, 4.69) is 11.9 Å². The van der Waals surface area contributed by atoms with Crippen LogP contribution < -0.4 is 24.3 Å². The fourth-order valence-electron chi connectivity index (χ4n) is 5.92. The van der Waals surface area contributed by atoms with Crippen LogP contribution in [0.1, 0.15) is 28.7 Å². The highest BCUT2D eigenvalue weighted by atomic mass is 16.7. The van der Waals surface area contributed by atoms with Crippen LogP contribution >= 0.6 is 0 Å². The SMILES string of the molecule is C=CCN1C(=O)C=C(N[C@@H]2c3cc4c(cc3[C@@H](c3cc(OC)c(O)c(OC)c3)[C@H]3C(=O)OC[C@@H]32)OCO4)C1=O. The first-order valence-corrected chi connectivity index (χ1v) is 12.4. The Kier molecular flexibility index (Phi) is 5.86. The molecule has 1 fully saturated rings. The van der Waals surface area contributed by atoms with Gasteiger partial charge in [0.25, 0.3) is 11.8 Å². The van der Waals surface area contributed by atoms with Gasteiger partial charge in [-0.3, -0.25) is 19.3 Å². The van der Waals surface area contributed by atoms with Gasteiger partial charge in [-0.05, 0) is 41.0 Å². The first kappa shape index (κ1) is 24.7. The van der Waals surface area contributed by atoms with Crippen molar-refractivity contribution in [1.29, 1.82) is 0 Å². The minimum Gasteiger partial charge on any atom is -0.502 e. The monoisotopic (exact) mass is 534 g/mol. The van der Waals surface area contributed by atoms with E-state index >= 15 is 0 Å². The van der Waals surface area contributed by atoms with Crippen LogP contribution in [0, 0.1) is 11.8 Å². The van der Waals surface area contributed by atoms with Crippen molar-refractivity contribution in [3.63, 3.8) is 0 Å². The molecular weight excluding hydrogens is 508 g/mol. The number of aromatic hydroxyl groups is 1. The Bertz CT molecular complexity index is 1420. The molecule has 3 heterocycles. The maximum Gasteiger partial charge on any atom is 0.310 e. The quantitative estimate of drug-likeness (QED) is 0.309. The van der Waals surface area contributed by atoms with Crippen molar-refractivity contribution < 1.29 is 43.2 Å². The number of fused-ring (bicyclic) bond motifs is 3. The molecule has 39 heavy (non-hydrogen) atoms. The molecule has 1 aliphatic carbocycles. The van der Waals surface area contributed by atoms with Crippen LogP contribution in [0.3, 0.4) is 0 Å². The van der Waals surface area contributed by atoms with Gasteiger partial charge in [-0.15, -0.1) is 6.58 Å². The van der Waals surface area contributed by atoms with E-state index in [0.717, 1.165) is 16.0 Å². The number of nitrogens with zero attached hydrogens (tertiary/aromatic N) is 1. The fourth-order valence-corrected chi connectivity index (χ4v) is 5.92. The van der Waals surface area contributed by atoms with Gasteiger partial charge in [0, 0.05) is 24.5 Å². The molecule has 6 rings (SSSR count). The Balaban J connectivity index is 1.51. The van der Waals surface area contributed by atoms with Crippen LogP contribution in [-0.2, 0) is 19.1 Å². The summed E-state index contributed by atoms with van der Waals surface area (Å²) in [5.74, 6) is -1.64. The number of esters is 1. The summed E-state index contributed by atoms with van der Waals surface area (Å²) in [7, 11) is 2.86. The topological polar surface area (TPSA) is 133 Å². The number of amides is 2. The van der Waals surface area contributed by atoms with Gasteiger partial charge in [0.1, 0.15) is 5.70 Å². The number of carbonyl (C=O) groups excluding carboxylic acids is 3. The lowest BCUT2D eigenvalue weighted by molar-refractivity contribution is -0.141. The second kappa shape index (κ2) is 9.26. The zero-order valence-electron chi connectivity index (χ0n) is 21.3. The number of cyclic esters (lactones) is 1. The molecule has 2 aromatic rings. The summed E-state index contributed by atoms with van der Waals surface area (Å²) in [5, 5.41) is 13.8. The highest BCUT2D eigenvalue weighted by molar-refractivity contribution is 6.16. The number of carbonyl (C=O) groups is 3. The summed E-state index contributed by atoms with van der Waals surface area (Å²) in [6, 6.07) is 6.43. The van der Waals surface area contributed by atoms with Crippen LogP contribution in [0.15, 0.2) is 48.7 Å². The third kappa shape index (κ3) is 3.76. The van der Waals surface area contributed by atoms with E-state index in [1.165, 1.54) is 26.4 Å². The number of methoxy groups -OCH3 is 2. The van der Waals surface area contributed by atoms with Crippen LogP contribution in [0.25, 0.3) is 0 Å². The molecule has 0 aromatic heterocycles. The molecule has 202 valence electrons. The predicted molar refractivity (Wildman–Crippen MR) is 134 cm³/mol. The Morgan fingerprint density at radius 2 is 1.72 bits per heavy atom. The van der Waals surface area contributed by atoms with Crippen molar-refractivity contribution in [2.24, 2.45) is 11.8 Å². The lowest BCUT2D eigenvalue weighted by Crippen LogP contribution is -2.42. The lowest BCUT2D eigenvalue weighted by Gasteiger charge is -2.40. The van der Waals surface area contributed by atoms with E-state index in [9.17, 15) is 19.5 Å². The number of hydrogen-bond acceptors (Lipinski definition) is 10. The van der Waals surface area contributed by atoms with Gasteiger partial charge in [-0.2, -0.15) is 0 Å².